The van der Waals surface area contributed by atoms with Crippen molar-refractivity contribution in [2.75, 3.05) is 32.8 Å². The van der Waals surface area contributed by atoms with E-state index in [0.717, 1.165) is 26.2 Å². The lowest BCUT2D eigenvalue weighted by atomic mass is 9.78. The molecule has 20 heavy (non-hydrogen) atoms. The van der Waals surface area contributed by atoms with E-state index in [9.17, 15) is 0 Å². The molecule has 1 aliphatic heterocycles. The summed E-state index contributed by atoms with van der Waals surface area (Å²) in [5.41, 5.74) is 10.2. The zero-order valence-electron chi connectivity index (χ0n) is 12.8. The topological polar surface area (TPSA) is 49.5 Å². The van der Waals surface area contributed by atoms with Gasteiger partial charge >= 0.3 is 0 Å². The number of aliphatic hydroxyl groups excluding tert-OH is 1. The van der Waals surface area contributed by atoms with E-state index in [0.29, 0.717) is 11.8 Å². The van der Waals surface area contributed by atoms with E-state index in [2.05, 4.69) is 36.9 Å². The number of nitrogens with zero attached hydrogens (tertiary/aromatic N) is 1. The fourth-order valence-corrected chi connectivity index (χ4v) is 3.45. The molecule has 2 rings (SSSR count). The molecule has 1 heterocycles. The third-order valence-corrected chi connectivity index (χ3v) is 4.71. The maximum Gasteiger partial charge on any atom is 0.0558 e. The Kier molecular flexibility index (Phi) is 5.58. The first-order valence-corrected chi connectivity index (χ1v) is 7.76. The molecule has 1 atom stereocenters. The molecule has 0 aliphatic carbocycles. The zero-order valence-corrected chi connectivity index (χ0v) is 12.8. The molecule has 0 amide bonds. The van der Waals surface area contributed by atoms with Gasteiger partial charge in [0.1, 0.15) is 0 Å². The first kappa shape index (κ1) is 15.5. The van der Waals surface area contributed by atoms with Gasteiger partial charge in [-0.2, -0.15) is 0 Å². The number of hydrogen-bond donors (Lipinski definition) is 2. The monoisotopic (exact) mass is 276 g/mol. The second-order valence-corrected chi connectivity index (χ2v) is 6.10. The van der Waals surface area contributed by atoms with Crippen molar-refractivity contribution < 1.29 is 5.11 Å². The average Bonchev–Trinajstić information content (AvgIpc) is 2.45. The van der Waals surface area contributed by atoms with Crippen LogP contribution < -0.4 is 5.73 Å². The van der Waals surface area contributed by atoms with Crippen molar-refractivity contribution in [3.8, 4) is 0 Å². The van der Waals surface area contributed by atoms with Crippen LogP contribution in [0.1, 0.15) is 35.4 Å². The summed E-state index contributed by atoms with van der Waals surface area (Å²) in [4.78, 5) is 2.35. The number of aryl methyl sites for hydroxylation is 2. The van der Waals surface area contributed by atoms with Gasteiger partial charge in [-0.15, -0.1) is 0 Å². The third kappa shape index (κ3) is 3.60. The van der Waals surface area contributed by atoms with Crippen LogP contribution in [0, 0.1) is 19.8 Å². The van der Waals surface area contributed by atoms with E-state index in [1.165, 1.54) is 29.5 Å². The molecule has 0 aromatic heterocycles. The lowest BCUT2D eigenvalue weighted by Crippen LogP contribution is -2.38. The van der Waals surface area contributed by atoms with Crippen LogP contribution in [0.25, 0.3) is 0 Å². The predicted octanol–water partition coefficient (Wildman–Crippen LogP) is 2.05. The van der Waals surface area contributed by atoms with Crippen molar-refractivity contribution in [1.82, 2.24) is 4.90 Å². The van der Waals surface area contributed by atoms with E-state index in [1.54, 1.807) is 0 Å². The van der Waals surface area contributed by atoms with Crippen molar-refractivity contribution >= 4 is 0 Å². The summed E-state index contributed by atoms with van der Waals surface area (Å²) in [5.74, 6) is 1.15. The molecule has 0 saturated carbocycles. The van der Waals surface area contributed by atoms with Gasteiger partial charge in [-0.05, 0) is 69.3 Å². The van der Waals surface area contributed by atoms with Gasteiger partial charge in [0, 0.05) is 6.54 Å². The normalized spacial score (nSPS) is 19.2. The van der Waals surface area contributed by atoms with Crippen LogP contribution in [0.5, 0.6) is 0 Å². The van der Waals surface area contributed by atoms with Crippen LogP contribution in [0.4, 0.5) is 0 Å². The Hall–Kier alpha value is -0.900. The number of rotatable bonds is 5. The highest BCUT2D eigenvalue weighted by Gasteiger charge is 2.27. The van der Waals surface area contributed by atoms with Crippen LogP contribution >= 0.6 is 0 Å². The smallest absolute Gasteiger partial charge is 0.0558 e. The number of benzene rings is 1. The summed E-state index contributed by atoms with van der Waals surface area (Å²) in [6, 6.07) is 6.71. The van der Waals surface area contributed by atoms with Crippen molar-refractivity contribution in [2.24, 2.45) is 11.7 Å². The largest absolute Gasteiger partial charge is 0.395 e. The summed E-state index contributed by atoms with van der Waals surface area (Å²) in [6.07, 6.45) is 2.38. The Morgan fingerprint density at radius 2 is 2.00 bits per heavy atom. The van der Waals surface area contributed by atoms with Gasteiger partial charge in [-0.25, -0.2) is 0 Å². The fraction of sp³-hybridized carbons (Fsp3) is 0.647. The molecule has 0 radical (unpaired) electrons. The van der Waals surface area contributed by atoms with Crippen molar-refractivity contribution in [3.63, 3.8) is 0 Å². The van der Waals surface area contributed by atoms with E-state index in [1.807, 2.05) is 0 Å². The number of aliphatic hydroxyl groups is 1. The average molecular weight is 276 g/mol. The highest BCUT2D eigenvalue weighted by atomic mass is 16.3. The Balaban J connectivity index is 2.07. The van der Waals surface area contributed by atoms with Crippen molar-refractivity contribution in [2.45, 2.75) is 32.6 Å². The zero-order chi connectivity index (χ0) is 14.5. The molecule has 0 spiro atoms. The summed E-state index contributed by atoms with van der Waals surface area (Å²) in [5, 5.41) is 9.02. The van der Waals surface area contributed by atoms with Gasteiger partial charge in [0.25, 0.3) is 0 Å². The number of likely N-dealkylation sites (tertiary alicyclic amines) is 1. The first-order chi connectivity index (χ1) is 9.65. The molecule has 3 heteroatoms. The molecule has 1 fully saturated rings. The van der Waals surface area contributed by atoms with Gasteiger partial charge in [0.05, 0.1) is 6.61 Å². The lowest BCUT2D eigenvalue weighted by Gasteiger charge is -2.36. The second kappa shape index (κ2) is 7.21. The summed E-state index contributed by atoms with van der Waals surface area (Å²) in [6.45, 7) is 8.33. The van der Waals surface area contributed by atoms with Gasteiger partial charge < -0.3 is 15.7 Å². The molecule has 3 nitrogen and oxygen atoms in total. The number of nitrogens with two attached hydrogens (primary N) is 1. The lowest BCUT2D eigenvalue weighted by molar-refractivity contribution is 0.138. The third-order valence-electron chi connectivity index (χ3n) is 4.71. The Morgan fingerprint density at radius 3 is 2.60 bits per heavy atom. The summed E-state index contributed by atoms with van der Waals surface area (Å²) >= 11 is 0. The van der Waals surface area contributed by atoms with Crippen molar-refractivity contribution in [3.05, 3.63) is 34.9 Å². The fourth-order valence-electron chi connectivity index (χ4n) is 3.45. The Morgan fingerprint density at radius 1 is 1.30 bits per heavy atom. The molecule has 3 N–H and O–H groups in total. The van der Waals surface area contributed by atoms with Gasteiger partial charge in [-0.3, -0.25) is 0 Å². The van der Waals surface area contributed by atoms with E-state index in [4.69, 9.17) is 10.8 Å². The molecular weight excluding hydrogens is 248 g/mol. The Bertz CT molecular complexity index is 425. The molecule has 1 unspecified atom stereocenters. The molecule has 1 aromatic carbocycles. The van der Waals surface area contributed by atoms with Gasteiger partial charge in [0.15, 0.2) is 0 Å². The Labute approximate surface area is 122 Å². The van der Waals surface area contributed by atoms with Crippen LogP contribution in [0.3, 0.4) is 0 Å². The quantitative estimate of drug-likeness (QED) is 0.865. The van der Waals surface area contributed by atoms with Crippen LogP contribution in [-0.2, 0) is 0 Å². The summed E-state index contributed by atoms with van der Waals surface area (Å²) < 4.78 is 0. The maximum atomic E-state index is 9.02. The standard InChI is InChI=1S/C17H28N2O/c1-13-3-4-14(2)16(11-13)17(12-18)15-5-7-19(8-6-15)9-10-20/h3-4,11,15,17,20H,5-10,12,18H2,1-2H3. The van der Waals surface area contributed by atoms with Gasteiger partial charge in [0.2, 0.25) is 0 Å². The number of β-amino-alcohol motifs (C(OH)–C–C–N with tert-alkyl or cyclic N) is 1. The van der Waals surface area contributed by atoms with E-state index < -0.39 is 0 Å². The van der Waals surface area contributed by atoms with Crippen LogP contribution in [0.15, 0.2) is 18.2 Å². The van der Waals surface area contributed by atoms with Gasteiger partial charge in [-0.1, -0.05) is 23.8 Å². The highest BCUT2D eigenvalue weighted by molar-refractivity contribution is 5.34. The predicted molar refractivity (Wildman–Crippen MR) is 84.0 cm³/mol. The SMILES string of the molecule is Cc1ccc(C)c(C(CN)C2CCN(CCO)CC2)c1. The number of hydrogen-bond acceptors (Lipinski definition) is 3. The minimum Gasteiger partial charge on any atom is -0.395 e. The minimum absolute atomic E-state index is 0.266. The number of piperidine rings is 1. The molecular formula is C17H28N2O. The second-order valence-electron chi connectivity index (χ2n) is 6.10. The highest BCUT2D eigenvalue weighted by Crippen LogP contribution is 2.34. The molecule has 112 valence electrons. The molecule has 1 aromatic rings. The summed E-state index contributed by atoms with van der Waals surface area (Å²) in [7, 11) is 0. The molecule has 1 saturated heterocycles. The molecule has 1 aliphatic rings. The molecule has 0 bridgehead atoms. The first-order valence-electron chi connectivity index (χ1n) is 7.76. The van der Waals surface area contributed by atoms with Crippen LogP contribution in [-0.4, -0.2) is 42.8 Å². The van der Waals surface area contributed by atoms with E-state index >= 15 is 0 Å². The maximum absolute atomic E-state index is 9.02. The van der Waals surface area contributed by atoms with Crippen molar-refractivity contribution in [1.29, 1.82) is 0 Å². The van der Waals surface area contributed by atoms with E-state index in [-0.39, 0.29) is 6.61 Å². The minimum atomic E-state index is 0.266. The van der Waals surface area contributed by atoms with Crippen LogP contribution in [0.2, 0.25) is 0 Å².